The average molecular weight is 274 g/mol. The molecule has 0 spiro atoms. The van der Waals surface area contributed by atoms with Gasteiger partial charge in [0.2, 0.25) is 10.0 Å². The molecule has 1 heterocycles. The van der Waals surface area contributed by atoms with E-state index in [0.29, 0.717) is 13.1 Å². The maximum absolute atomic E-state index is 11.5. The molecule has 1 aromatic heterocycles. The number of rotatable bonds is 7. The summed E-state index contributed by atoms with van der Waals surface area (Å²) in [7, 11) is -1.27. The number of aromatic nitrogens is 2. The van der Waals surface area contributed by atoms with Crippen LogP contribution in [0.1, 0.15) is 31.1 Å². The molecule has 7 heteroatoms. The van der Waals surface area contributed by atoms with Gasteiger partial charge in [-0.3, -0.25) is 4.68 Å². The van der Waals surface area contributed by atoms with E-state index in [2.05, 4.69) is 15.1 Å². The van der Waals surface area contributed by atoms with Gasteiger partial charge in [0.1, 0.15) is 0 Å². The van der Waals surface area contributed by atoms with Crippen molar-refractivity contribution in [3.05, 3.63) is 17.5 Å². The topological polar surface area (TPSA) is 76.0 Å². The van der Waals surface area contributed by atoms with E-state index in [1.807, 2.05) is 27.1 Å². The van der Waals surface area contributed by atoms with Gasteiger partial charge >= 0.3 is 0 Å². The minimum Gasteiger partial charge on any atom is -0.309 e. The summed E-state index contributed by atoms with van der Waals surface area (Å²) in [5, 5.41) is 7.46. The van der Waals surface area contributed by atoms with Gasteiger partial charge in [-0.15, -0.1) is 0 Å². The van der Waals surface area contributed by atoms with E-state index in [1.54, 1.807) is 11.6 Å². The second-order valence-electron chi connectivity index (χ2n) is 4.34. The van der Waals surface area contributed by atoms with Crippen molar-refractivity contribution >= 4 is 10.0 Å². The Hall–Kier alpha value is -0.920. The molecule has 0 aliphatic carbocycles. The molecule has 0 saturated carbocycles. The van der Waals surface area contributed by atoms with Crippen LogP contribution >= 0.6 is 0 Å². The Bertz CT molecular complexity index is 481. The summed E-state index contributed by atoms with van der Waals surface area (Å²) in [5.74, 6) is 0.0878. The minimum absolute atomic E-state index is 0.0878. The van der Waals surface area contributed by atoms with Crippen LogP contribution < -0.4 is 10.0 Å². The Morgan fingerprint density at radius 3 is 2.67 bits per heavy atom. The normalized spacial score (nSPS) is 13.8. The lowest BCUT2D eigenvalue weighted by Crippen LogP contribution is -2.32. The summed E-state index contributed by atoms with van der Waals surface area (Å²) < 4.78 is 27.1. The smallest absolute Gasteiger partial charge is 0.212 e. The van der Waals surface area contributed by atoms with Gasteiger partial charge in [-0.2, -0.15) is 5.10 Å². The standard InChI is InChI=1S/C11H22N4O2S/c1-5-13-18(16,17)7-6-12-9(2)11-8-15(4)14-10(11)3/h8-9,12-13H,5-7H2,1-4H3. The van der Waals surface area contributed by atoms with Crippen molar-refractivity contribution in [1.82, 2.24) is 19.8 Å². The second kappa shape index (κ2) is 6.31. The zero-order chi connectivity index (χ0) is 13.8. The van der Waals surface area contributed by atoms with Gasteiger partial charge in [-0.1, -0.05) is 6.92 Å². The first kappa shape index (κ1) is 15.1. The highest BCUT2D eigenvalue weighted by Crippen LogP contribution is 2.14. The van der Waals surface area contributed by atoms with Gasteiger partial charge in [-0.25, -0.2) is 13.1 Å². The predicted octanol–water partition coefficient (Wildman–Crippen LogP) is 0.318. The van der Waals surface area contributed by atoms with Gasteiger partial charge < -0.3 is 5.32 Å². The SMILES string of the molecule is CCNS(=O)(=O)CCNC(C)c1cn(C)nc1C. The fraction of sp³-hybridized carbons (Fsp3) is 0.727. The fourth-order valence-corrected chi connectivity index (χ4v) is 2.83. The van der Waals surface area contributed by atoms with Crippen molar-refractivity contribution < 1.29 is 8.42 Å². The molecule has 1 aromatic rings. The Morgan fingerprint density at radius 1 is 1.50 bits per heavy atom. The predicted molar refractivity (Wildman–Crippen MR) is 71.8 cm³/mol. The second-order valence-corrected chi connectivity index (χ2v) is 6.26. The molecule has 1 atom stereocenters. The highest BCUT2D eigenvalue weighted by atomic mass is 32.2. The first-order valence-electron chi connectivity index (χ1n) is 6.06. The Balaban J connectivity index is 2.47. The number of sulfonamides is 1. The number of hydrogen-bond acceptors (Lipinski definition) is 4. The Kier molecular flexibility index (Phi) is 5.30. The van der Waals surface area contributed by atoms with Crippen molar-refractivity contribution in [3.8, 4) is 0 Å². The van der Waals surface area contributed by atoms with E-state index in [4.69, 9.17) is 0 Å². The van der Waals surface area contributed by atoms with Crippen molar-refractivity contribution in [3.63, 3.8) is 0 Å². The molecule has 0 radical (unpaired) electrons. The van der Waals surface area contributed by atoms with Crippen LogP contribution in [0.5, 0.6) is 0 Å². The molecule has 18 heavy (non-hydrogen) atoms. The molecule has 1 unspecified atom stereocenters. The molecule has 2 N–H and O–H groups in total. The summed E-state index contributed by atoms with van der Waals surface area (Å²) in [4.78, 5) is 0. The van der Waals surface area contributed by atoms with Gasteiger partial charge in [0.15, 0.2) is 0 Å². The first-order valence-corrected chi connectivity index (χ1v) is 7.72. The lowest BCUT2D eigenvalue weighted by atomic mass is 10.1. The molecule has 1 rings (SSSR count). The molecule has 0 bridgehead atoms. The molecule has 0 saturated heterocycles. The van der Waals surface area contributed by atoms with E-state index in [-0.39, 0.29) is 11.8 Å². The van der Waals surface area contributed by atoms with Crippen LogP contribution in [0, 0.1) is 6.92 Å². The maximum atomic E-state index is 11.5. The molecule has 0 aliphatic rings. The molecular formula is C11H22N4O2S. The highest BCUT2D eigenvalue weighted by Gasteiger charge is 2.13. The molecule has 0 amide bonds. The maximum Gasteiger partial charge on any atom is 0.212 e. The Labute approximate surface area is 109 Å². The molecule has 0 fully saturated rings. The van der Waals surface area contributed by atoms with Gasteiger partial charge in [-0.05, 0) is 13.8 Å². The van der Waals surface area contributed by atoms with Crippen molar-refractivity contribution in [2.24, 2.45) is 7.05 Å². The lowest BCUT2D eigenvalue weighted by molar-refractivity contribution is 0.563. The largest absolute Gasteiger partial charge is 0.309 e. The quantitative estimate of drug-likeness (QED) is 0.751. The molecular weight excluding hydrogens is 252 g/mol. The van der Waals surface area contributed by atoms with Crippen LogP contribution in [0.4, 0.5) is 0 Å². The van der Waals surface area contributed by atoms with Crippen LogP contribution in [0.3, 0.4) is 0 Å². The third-order valence-electron chi connectivity index (χ3n) is 2.70. The van der Waals surface area contributed by atoms with E-state index < -0.39 is 10.0 Å². The van der Waals surface area contributed by atoms with Crippen molar-refractivity contribution in [2.75, 3.05) is 18.8 Å². The lowest BCUT2D eigenvalue weighted by Gasteiger charge is -2.13. The summed E-state index contributed by atoms with van der Waals surface area (Å²) in [6.07, 6.45) is 1.95. The fourth-order valence-electron chi connectivity index (χ4n) is 1.85. The Morgan fingerprint density at radius 2 is 2.17 bits per heavy atom. The van der Waals surface area contributed by atoms with E-state index in [0.717, 1.165) is 11.3 Å². The van der Waals surface area contributed by atoms with Gasteiger partial charge in [0.25, 0.3) is 0 Å². The van der Waals surface area contributed by atoms with E-state index in [1.165, 1.54) is 0 Å². The molecule has 0 aliphatic heterocycles. The monoisotopic (exact) mass is 274 g/mol. The summed E-state index contributed by atoms with van der Waals surface area (Å²) in [6.45, 7) is 6.57. The minimum atomic E-state index is -3.15. The summed E-state index contributed by atoms with van der Waals surface area (Å²) in [5.41, 5.74) is 2.06. The van der Waals surface area contributed by atoms with Gasteiger partial charge in [0, 0.05) is 37.9 Å². The third-order valence-corrected chi connectivity index (χ3v) is 4.17. The zero-order valence-electron chi connectivity index (χ0n) is 11.4. The van der Waals surface area contributed by atoms with Crippen LogP contribution in [-0.2, 0) is 17.1 Å². The van der Waals surface area contributed by atoms with Crippen LogP contribution in [-0.4, -0.2) is 37.0 Å². The van der Waals surface area contributed by atoms with E-state index in [9.17, 15) is 8.42 Å². The third kappa shape index (κ3) is 4.40. The van der Waals surface area contributed by atoms with E-state index >= 15 is 0 Å². The average Bonchev–Trinajstić information content (AvgIpc) is 2.57. The number of hydrogen-bond donors (Lipinski definition) is 2. The van der Waals surface area contributed by atoms with Crippen molar-refractivity contribution in [2.45, 2.75) is 26.8 Å². The van der Waals surface area contributed by atoms with Gasteiger partial charge in [0.05, 0.1) is 11.4 Å². The summed E-state index contributed by atoms with van der Waals surface area (Å²) in [6, 6.07) is 0.0931. The molecule has 6 nitrogen and oxygen atoms in total. The zero-order valence-corrected chi connectivity index (χ0v) is 12.2. The number of aryl methyl sites for hydroxylation is 2. The van der Waals surface area contributed by atoms with Crippen molar-refractivity contribution in [1.29, 1.82) is 0 Å². The van der Waals surface area contributed by atoms with Crippen LogP contribution in [0.2, 0.25) is 0 Å². The molecule has 104 valence electrons. The molecule has 0 aromatic carbocycles. The van der Waals surface area contributed by atoms with Crippen LogP contribution in [0.15, 0.2) is 6.20 Å². The summed E-state index contributed by atoms with van der Waals surface area (Å²) >= 11 is 0. The number of nitrogens with one attached hydrogen (secondary N) is 2. The number of nitrogens with zero attached hydrogens (tertiary/aromatic N) is 2. The highest BCUT2D eigenvalue weighted by molar-refractivity contribution is 7.89. The first-order chi connectivity index (χ1) is 8.35. The van der Waals surface area contributed by atoms with Crippen LogP contribution in [0.25, 0.3) is 0 Å².